The molecule has 0 saturated carbocycles. The van der Waals surface area contributed by atoms with Gasteiger partial charge in [-0.05, 0) is 168 Å². The van der Waals surface area contributed by atoms with Gasteiger partial charge in [-0.25, -0.2) is 28.1 Å². The zero-order valence-electron chi connectivity index (χ0n) is 60.0. The Balaban J connectivity index is 0.000000146. The summed E-state index contributed by atoms with van der Waals surface area (Å²) in [6.07, 6.45) is 26.1. The Kier molecular flexibility index (Phi) is 26.5. The Labute approximate surface area is 633 Å². The number of carbonyl (C=O) groups excluding carboxylic acids is 3. The van der Waals surface area contributed by atoms with E-state index in [2.05, 4.69) is 82.4 Å². The molecule has 107 heavy (non-hydrogen) atoms. The highest BCUT2D eigenvalue weighted by Crippen LogP contribution is 2.39. The maximum atomic E-state index is 14.1. The molecule has 0 bridgehead atoms. The lowest BCUT2D eigenvalue weighted by molar-refractivity contribution is -0.136. The van der Waals surface area contributed by atoms with Crippen LogP contribution in [-0.4, -0.2) is 178 Å². The summed E-state index contributed by atoms with van der Waals surface area (Å²) < 4.78 is 46.4. The Morgan fingerprint density at radius 3 is 1.18 bits per heavy atom. The Hall–Kier alpha value is -9.43. The van der Waals surface area contributed by atoms with Crippen molar-refractivity contribution in [2.24, 2.45) is 0 Å². The van der Waals surface area contributed by atoms with Gasteiger partial charge in [0.05, 0.1) is 60.6 Å². The van der Waals surface area contributed by atoms with Crippen LogP contribution in [0.25, 0.3) is 0 Å². The van der Waals surface area contributed by atoms with E-state index in [0.29, 0.717) is 72.0 Å². The van der Waals surface area contributed by atoms with E-state index >= 15 is 0 Å². The fourth-order valence-electron chi connectivity index (χ4n) is 15.2. The number of aryl methyl sites for hydroxylation is 7. The minimum Gasteiger partial charge on any atom is -0.337 e. The molecular weight excluding hydrogens is 1400 g/mol. The second kappa shape index (κ2) is 37.4. The molecule has 5 aliphatic rings. The molecule has 558 valence electrons. The third-order valence-electron chi connectivity index (χ3n) is 20.6. The molecule has 3 fully saturated rings. The normalized spacial score (nSPS) is 18.5. The summed E-state index contributed by atoms with van der Waals surface area (Å²) in [5.74, 6) is -0.640. The van der Waals surface area contributed by atoms with E-state index in [1.807, 2.05) is 83.7 Å². The SMILES string of the molecule is O=C([C@H]1CN([C@@H]2c3ccc(Cl)cc3CCc3cccnc32)CCN1)N(CCCn1ccnc1)Cc1ccc(F)cc1.O=C([C@H]1CN([C@H]2c3ccc(Cl)cc3CCc3cccnc32)CCN1)N(CCCn1ccnc1)Cc1ccc(F)cc1.O=C([C@H]1CNCCN1)N(CCCn1ccnc1)Cc1ccc(F)cc1. The van der Waals surface area contributed by atoms with Crippen molar-refractivity contribution in [3.05, 3.63) is 291 Å². The van der Waals surface area contributed by atoms with Crippen molar-refractivity contribution in [1.29, 1.82) is 0 Å². The van der Waals surface area contributed by atoms with Crippen LogP contribution in [0.15, 0.2) is 202 Å². The van der Waals surface area contributed by atoms with Crippen LogP contribution in [0.1, 0.15) is 92.8 Å². The number of halogens is 5. The van der Waals surface area contributed by atoms with Crippen molar-refractivity contribution in [2.75, 3.05) is 78.5 Å². The highest BCUT2D eigenvalue weighted by molar-refractivity contribution is 6.31. The summed E-state index contributed by atoms with van der Waals surface area (Å²) in [6.45, 7) is 11.9. The first-order valence-electron chi connectivity index (χ1n) is 37.1. The minimum atomic E-state index is -0.372. The molecular formula is C82H92Cl2F3N17O3. The van der Waals surface area contributed by atoms with Crippen molar-refractivity contribution in [1.82, 2.24) is 84.4 Å². The summed E-state index contributed by atoms with van der Waals surface area (Å²) in [5.41, 5.74) is 12.2. The third kappa shape index (κ3) is 20.4. The molecule has 5 aromatic heterocycles. The van der Waals surface area contributed by atoms with E-state index < -0.39 is 0 Å². The Bertz CT molecular complexity index is 4250. The Morgan fingerprint density at radius 2 is 0.813 bits per heavy atom. The van der Waals surface area contributed by atoms with Gasteiger partial charge in [0.15, 0.2) is 0 Å². The van der Waals surface area contributed by atoms with Crippen molar-refractivity contribution in [3.63, 3.8) is 0 Å². The van der Waals surface area contributed by atoms with Gasteiger partial charge in [-0.3, -0.25) is 34.2 Å². The molecule has 2 aliphatic carbocycles. The quantitative estimate of drug-likeness (QED) is 0.0472. The molecule has 3 amide bonds. The number of fused-ring (bicyclic) bond motifs is 4. The molecule has 8 heterocycles. The van der Waals surface area contributed by atoms with Gasteiger partial charge in [0.25, 0.3) is 0 Å². The first-order chi connectivity index (χ1) is 52.3. The van der Waals surface area contributed by atoms with Crippen LogP contribution >= 0.6 is 23.2 Å². The summed E-state index contributed by atoms with van der Waals surface area (Å²) >= 11 is 12.8. The fourth-order valence-corrected chi connectivity index (χ4v) is 15.5. The molecule has 0 unspecified atom stereocenters. The molecule has 10 aromatic rings. The number of carbonyl (C=O) groups is 3. The molecule has 4 N–H and O–H groups in total. The number of imidazole rings is 3. The molecule has 5 aromatic carbocycles. The van der Waals surface area contributed by atoms with Gasteiger partial charge in [0.2, 0.25) is 17.7 Å². The number of hydrogen-bond acceptors (Lipinski definition) is 14. The molecule has 15 rings (SSSR count). The third-order valence-corrected chi connectivity index (χ3v) is 21.1. The maximum Gasteiger partial charge on any atom is 0.241 e. The van der Waals surface area contributed by atoms with Crippen LogP contribution < -0.4 is 21.3 Å². The number of nitrogens with one attached hydrogen (secondary N) is 4. The summed E-state index contributed by atoms with van der Waals surface area (Å²) in [6, 6.07) is 38.7. The zero-order chi connectivity index (χ0) is 73.9. The van der Waals surface area contributed by atoms with E-state index in [9.17, 15) is 27.6 Å². The second-order valence-corrected chi connectivity index (χ2v) is 28.8. The predicted octanol–water partition coefficient (Wildman–Crippen LogP) is 10.3. The largest absolute Gasteiger partial charge is 0.337 e. The number of aromatic nitrogens is 8. The summed E-state index contributed by atoms with van der Waals surface area (Å²) in [5, 5.41) is 15.0. The van der Waals surface area contributed by atoms with Crippen LogP contribution in [-0.2, 0) is 79.3 Å². The Morgan fingerprint density at radius 1 is 0.439 bits per heavy atom. The first kappa shape index (κ1) is 75.8. The molecule has 25 heteroatoms. The lowest BCUT2D eigenvalue weighted by atomic mass is 9.95. The predicted molar refractivity (Wildman–Crippen MR) is 407 cm³/mol. The molecule has 0 spiro atoms. The number of pyridine rings is 2. The van der Waals surface area contributed by atoms with Gasteiger partial charge in [0.1, 0.15) is 17.5 Å². The first-order valence-corrected chi connectivity index (χ1v) is 37.9. The van der Waals surface area contributed by atoms with Crippen LogP contribution in [0.3, 0.4) is 0 Å². The van der Waals surface area contributed by atoms with Gasteiger partial charge in [-0.2, -0.15) is 0 Å². The van der Waals surface area contributed by atoms with Crippen LogP contribution in [0, 0.1) is 17.5 Å². The molecule has 3 saturated heterocycles. The fraction of sp³-hybridized carbons (Fsp3) is 0.366. The van der Waals surface area contributed by atoms with Crippen LogP contribution in [0.5, 0.6) is 0 Å². The molecule has 3 aliphatic heterocycles. The van der Waals surface area contributed by atoms with E-state index in [0.717, 1.165) is 129 Å². The zero-order valence-corrected chi connectivity index (χ0v) is 61.6. The summed E-state index contributed by atoms with van der Waals surface area (Å²) in [7, 11) is 0. The second-order valence-electron chi connectivity index (χ2n) is 27.9. The van der Waals surface area contributed by atoms with E-state index in [1.54, 1.807) is 74.0 Å². The average Bonchev–Trinajstić information content (AvgIpc) is 1.73. The molecule has 0 radical (unpaired) electrons. The molecule has 5 atom stereocenters. The minimum absolute atomic E-state index is 0.0508. The number of hydrogen-bond donors (Lipinski definition) is 4. The molecule has 20 nitrogen and oxygen atoms in total. The van der Waals surface area contributed by atoms with E-state index in [4.69, 9.17) is 33.2 Å². The van der Waals surface area contributed by atoms with Crippen LogP contribution in [0.4, 0.5) is 13.2 Å². The van der Waals surface area contributed by atoms with Gasteiger partial charge in [-0.15, -0.1) is 0 Å². The average molecular weight is 1490 g/mol. The monoisotopic (exact) mass is 1490 g/mol. The number of rotatable bonds is 23. The van der Waals surface area contributed by atoms with Crippen molar-refractivity contribution < 1.29 is 27.6 Å². The van der Waals surface area contributed by atoms with Crippen molar-refractivity contribution in [3.8, 4) is 0 Å². The van der Waals surface area contributed by atoms with E-state index in [-0.39, 0.29) is 65.4 Å². The topological polar surface area (TPSA) is 195 Å². The maximum absolute atomic E-state index is 14.1. The number of nitrogens with zero attached hydrogens (tertiary/aromatic N) is 13. The smallest absolute Gasteiger partial charge is 0.241 e. The van der Waals surface area contributed by atoms with Gasteiger partial charge < -0.3 is 49.7 Å². The van der Waals surface area contributed by atoms with Crippen LogP contribution in [0.2, 0.25) is 10.0 Å². The van der Waals surface area contributed by atoms with Gasteiger partial charge >= 0.3 is 0 Å². The highest BCUT2D eigenvalue weighted by atomic mass is 35.5. The summed E-state index contributed by atoms with van der Waals surface area (Å²) in [4.78, 5) is 73.5. The standard InChI is InChI=1S/2C32H34ClFN6O.C18H24FN5O/c2*33-26-8-11-28-25(19-26)7-6-24-3-1-12-37-30(24)31(28)39-18-14-36-29(21-39)32(41)40(16-2-15-38-17-13-35-22-38)20-23-4-9-27(34)10-5-23;19-16-4-2-15(3-5-16)13-24(10-1-9-23-11-8-21-14-23)18(25)17-12-20-6-7-22-17/h2*1,3-5,8-13,17,19,22,29,31,36H,2,6-7,14-16,18,20-21H2;2-5,8,11,14,17,20,22H,1,6-7,9-10,12-13H2/t29-,31+;29-,31-;17-/m111/s1. The lowest BCUT2D eigenvalue weighted by Crippen LogP contribution is -2.58. The van der Waals surface area contributed by atoms with E-state index in [1.165, 1.54) is 69.8 Å². The van der Waals surface area contributed by atoms with Gasteiger partial charge in [-0.1, -0.05) is 83.9 Å². The highest BCUT2D eigenvalue weighted by Gasteiger charge is 2.39. The number of amides is 3. The van der Waals surface area contributed by atoms with Crippen molar-refractivity contribution >= 4 is 40.9 Å². The number of benzene rings is 5. The van der Waals surface area contributed by atoms with Crippen molar-refractivity contribution in [2.45, 2.75) is 114 Å². The number of piperazine rings is 3. The lowest BCUT2D eigenvalue weighted by Gasteiger charge is -2.40. The van der Waals surface area contributed by atoms with Gasteiger partial charge in [0, 0.05) is 177 Å².